The third-order valence-corrected chi connectivity index (χ3v) is 17.9. The smallest absolute Gasteiger partial charge is 0.462 e. The predicted octanol–water partition coefficient (Wildman–Crippen LogP) is 19.6. The van der Waals surface area contributed by atoms with Crippen LogP contribution < -0.4 is 0 Å². The van der Waals surface area contributed by atoms with Gasteiger partial charge in [-0.1, -0.05) is 298 Å². The second-order valence-corrected chi connectivity index (χ2v) is 28.8. The van der Waals surface area contributed by atoms with Crippen molar-refractivity contribution >= 4 is 39.5 Å². The van der Waals surface area contributed by atoms with Crippen LogP contribution in [0.1, 0.15) is 350 Å². The lowest BCUT2D eigenvalue weighted by atomic mass is 10.0. The Labute approximate surface area is 537 Å². The summed E-state index contributed by atoms with van der Waals surface area (Å²) in [5.41, 5.74) is 0. The van der Waals surface area contributed by atoms with Gasteiger partial charge in [-0.3, -0.25) is 37.3 Å². The Morgan fingerprint density at radius 3 is 0.773 bits per heavy atom. The lowest BCUT2D eigenvalue weighted by Gasteiger charge is -2.21. The van der Waals surface area contributed by atoms with E-state index in [0.29, 0.717) is 25.7 Å². The van der Waals surface area contributed by atoms with Crippen molar-refractivity contribution in [2.45, 2.75) is 368 Å². The molecule has 0 bridgehead atoms. The summed E-state index contributed by atoms with van der Waals surface area (Å²) in [5, 5.41) is 10.6. The lowest BCUT2D eigenvalue weighted by Crippen LogP contribution is -2.30. The fourth-order valence-corrected chi connectivity index (χ4v) is 12.0. The van der Waals surface area contributed by atoms with Gasteiger partial charge in [-0.15, -0.1) is 0 Å². The maximum absolute atomic E-state index is 13.0. The third-order valence-electron chi connectivity index (χ3n) is 16.0. The van der Waals surface area contributed by atoms with E-state index in [1.807, 2.05) is 0 Å². The maximum atomic E-state index is 13.0. The molecule has 0 saturated heterocycles. The van der Waals surface area contributed by atoms with Crippen molar-refractivity contribution in [3.63, 3.8) is 0 Å². The topological polar surface area (TPSA) is 237 Å². The van der Waals surface area contributed by atoms with Crippen LogP contribution in [-0.4, -0.2) is 96.7 Å². The van der Waals surface area contributed by atoms with Gasteiger partial charge < -0.3 is 33.8 Å². The fraction of sp³-hybridized carbons (Fsp3) is 0.942. The molecule has 5 atom stereocenters. The zero-order valence-electron chi connectivity index (χ0n) is 57.0. The molecule has 0 radical (unpaired) electrons. The number of hydrogen-bond acceptors (Lipinski definition) is 15. The fourth-order valence-electron chi connectivity index (χ4n) is 10.4. The monoisotopic (exact) mass is 1300 g/mol. The summed E-state index contributed by atoms with van der Waals surface area (Å²) in [6.07, 6.45) is 45.9. The van der Waals surface area contributed by atoms with Crippen molar-refractivity contribution in [3.8, 4) is 0 Å². The van der Waals surface area contributed by atoms with Crippen LogP contribution in [0.5, 0.6) is 0 Å². The van der Waals surface area contributed by atoms with Crippen LogP contribution in [0, 0.1) is 11.8 Å². The first kappa shape index (κ1) is 86.1. The van der Waals surface area contributed by atoms with E-state index in [-0.39, 0.29) is 25.7 Å². The molecule has 19 heteroatoms. The average molecular weight is 1300 g/mol. The molecule has 0 saturated carbocycles. The van der Waals surface area contributed by atoms with Gasteiger partial charge in [0.2, 0.25) is 0 Å². The molecule has 0 fully saturated rings. The van der Waals surface area contributed by atoms with Crippen LogP contribution in [0.25, 0.3) is 0 Å². The number of hydrogen-bond donors (Lipinski definition) is 3. The number of aliphatic hydroxyl groups is 1. The Balaban J connectivity index is 5.21. The molecule has 0 heterocycles. The Hall–Kier alpha value is -1.94. The second-order valence-electron chi connectivity index (χ2n) is 25.9. The van der Waals surface area contributed by atoms with Gasteiger partial charge in [0.1, 0.15) is 19.3 Å². The first-order valence-corrected chi connectivity index (χ1v) is 39.0. The van der Waals surface area contributed by atoms with Gasteiger partial charge in [0.25, 0.3) is 0 Å². The molecule has 3 N–H and O–H groups in total. The highest BCUT2D eigenvalue weighted by atomic mass is 31.2. The molecule has 0 aliphatic rings. The molecular formula is C69H134O17P2. The van der Waals surface area contributed by atoms with Gasteiger partial charge in [0, 0.05) is 25.7 Å². The van der Waals surface area contributed by atoms with E-state index < -0.39 is 97.5 Å². The third kappa shape index (κ3) is 62.8. The van der Waals surface area contributed by atoms with Gasteiger partial charge in [0.15, 0.2) is 12.2 Å². The van der Waals surface area contributed by atoms with Crippen molar-refractivity contribution in [1.82, 2.24) is 0 Å². The lowest BCUT2D eigenvalue weighted by molar-refractivity contribution is -0.161. The van der Waals surface area contributed by atoms with E-state index in [2.05, 4.69) is 41.5 Å². The van der Waals surface area contributed by atoms with E-state index in [1.54, 1.807) is 0 Å². The van der Waals surface area contributed by atoms with Gasteiger partial charge in [-0.2, -0.15) is 0 Å². The Bertz CT molecular complexity index is 1720. The first-order chi connectivity index (χ1) is 42.4. The summed E-state index contributed by atoms with van der Waals surface area (Å²) in [6.45, 7) is 9.46. The van der Waals surface area contributed by atoms with Crippen LogP contribution in [0.3, 0.4) is 0 Å². The Morgan fingerprint density at radius 1 is 0.307 bits per heavy atom. The van der Waals surface area contributed by atoms with Crippen molar-refractivity contribution in [3.05, 3.63) is 0 Å². The van der Waals surface area contributed by atoms with Gasteiger partial charge >= 0.3 is 39.5 Å². The molecule has 2 unspecified atom stereocenters. The summed E-state index contributed by atoms with van der Waals surface area (Å²) in [7, 11) is -9.89. The van der Waals surface area contributed by atoms with Gasteiger partial charge in [-0.25, -0.2) is 9.13 Å². The van der Waals surface area contributed by atoms with Crippen molar-refractivity contribution in [2.24, 2.45) is 11.8 Å². The molecule has 0 amide bonds. The molecule has 0 aromatic heterocycles. The summed E-state index contributed by atoms with van der Waals surface area (Å²) in [5.74, 6) is -0.667. The normalized spacial score (nSPS) is 14.2. The molecule has 0 aliphatic carbocycles. The molecule has 0 aromatic carbocycles. The summed E-state index contributed by atoms with van der Waals surface area (Å²) in [4.78, 5) is 72.4. The van der Waals surface area contributed by atoms with Crippen LogP contribution in [-0.2, 0) is 65.4 Å². The predicted molar refractivity (Wildman–Crippen MR) is 354 cm³/mol. The Kier molecular flexibility index (Phi) is 59.9. The first-order valence-electron chi connectivity index (χ1n) is 36.0. The summed E-state index contributed by atoms with van der Waals surface area (Å²) in [6, 6.07) is 0. The Morgan fingerprint density at radius 2 is 0.523 bits per heavy atom. The SMILES string of the molecule is CCCCCCCCCCCCCCCCCCCC(=O)O[C@H](COC(=O)CCCCCCCCCCCC(C)C)COP(=O)(O)OC[C@@H](O)COP(=O)(O)OC[C@@H](COC(=O)CCCCCCCCCC)OC(=O)CCCCCCCCCCC(C)C. The van der Waals surface area contributed by atoms with E-state index in [1.165, 1.54) is 161 Å². The highest BCUT2D eigenvalue weighted by molar-refractivity contribution is 7.47. The van der Waals surface area contributed by atoms with Crippen molar-refractivity contribution in [1.29, 1.82) is 0 Å². The number of unbranched alkanes of at least 4 members (excludes halogenated alkanes) is 38. The molecule has 0 aromatic rings. The van der Waals surface area contributed by atoms with Crippen LogP contribution >= 0.6 is 15.6 Å². The number of carbonyl (C=O) groups excluding carboxylic acids is 4. The zero-order valence-corrected chi connectivity index (χ0v) is 58.8. The standard InChI is InChI=1S/C69H134O17P2/c1-7-9-11-13-15-17-18-19-20-21-22-23-24-27-35-41-47-53-68(73)85-65(58-80-67(72)52-46-40-34-28-25-26-31-37-43-49-61(3)4)60-84-88(77,78)82-56-63(70)55-81-87(75,76)83-59-64(57-79-66(71)51-45-39-33-16-14-12-10-8-2)86-69(74)54-48-42-36-30-29-32-38-44-50-62(5)6/h61-65,70H,7-60H2,1-6H3,(H,75,76)(H,77,78)/t63-,64+,65+/m0/s1. The number of carbonyl (C=O) groups is 4. The average Bonchev–Trinajstić information content (AvgIpc) is 3.59. The number of ether oxygens (including phenoxy) is 4. The van der Waals surface area contributed by atoms with Gasteiger partial charge in [-0.05, 0) is 37.5 Å². The molecule has 17 nitrogen and oxygen atoms in total. The minimum Gasteiger partial charge on any atom is -0.462 e. The summed E-state index contributed by atoms with van der Waals surface area (Å²) >= 11 is 0. The largest absolute Gasteiger partial charge is 0.472 e. The molecule has 0 aliphatic heterocycles. The van der Waals surface area contributed by atoms with Crippen molar-refractivity contribution in [2.75, 3.05) is 39.6 Å². The number of phosphoric ester groups is 2. The van der Waals surface area contributed by atoms with E-state index in [0.717, 1.165) is 108 Å². The summed E-state index contributed by atoms with van der Waals surface area (Å²) < 4.78 is 68.2. The highest BCUT2D eigenvalue weighted by Gasteiger charge is 2.30. The van der Waals surface area contributed by atoms with Crippen LogP contribution in [0.2, 0.25) is 0 Å². The van der Waals surface area contributed by atoms with Crippen LogP contribution in [0.4, 0.5) is 0 Å². The van der Waals surface area contributed by atoms with Crippen LogP contribution in [0.15, 0.2) is 0 Å². The molecule has 522 valence electrons. The number of rotatable bonds is 68. The zero-order chi connectivity index (χ0) is 65.0. The minimum absolute atomic E-state index is 0.104. The second kappa shape index (κ2) is 61.3. The van der Waals surface area contributed by atoms with E-state index in [9.17, 15) is 43.2 Å². The van der Waals surface area contributed by atoms with E-state index >= 15 is 0 Å². The van der Waals surface area contributed by atoms with E-state index in [4.69, 9.17) is 37.0 Å². The number of phosphoric acid groups is 2. The number of aliphatic hydroxyl groups excluding tert-OH is 1. The van der Waals surface area contributed by atoms with Gasteiger partial charge in [0.05, 0.1) is 26.4 Å². The molecule has 0 spiro atoms. The molecule has 88 heavy (non-hydrogen) atoms. The highest BCUT2D eigenvalue weighted by Crippen LogP contribution is 2.45. The quantitative estimate of drug-likeness (QED) is 0.0222. The van der Waals surface area contributed by atoms with Crippen molar-refractivity contribution < 1.29 is 80.2 Å². The maximum Gasteiger partial charge on any atom is 0.472 e. The minimum atomic E-state index is -4.95. The molecule has 0 rings (SSSR count). The molecular weight excluding hydrogens is 1160 g/mol. The number of esters is 4.